The minimum absolute atomic E-state index is 0.765. The minimum Gasteiger partial charge on any atom is -0.399 e. The van der Waals surface area contributed by atoms with Gasteiger partial charge >= 0.3 is 0 Å². The van der Waals surface area contributed by atoms with E-state index in [1.807, 2.05) is 18.2 Å². The highest BCUT2D eigenvalue weighted by atomic mass is 15.1. The molecule has 0 radical (unpaired) electrons. The summed E-state index contributed by atoms with van der Waals surface area (Å²) < 4.78 is 0. The molecule has 4 rings (SSSR count). The fourth-order valence-corrected chi connectivity index (χ4v) is 3.18. The van der Waals surface area contributed by atoms with Gasteiger partial charge in [-0.3, -0.25) is 0 Å². The molecule has 2 N–H and O–H groups in total. The monoisotopic (exact) mass is 277 g/mol. The highest BCUT2D eigenvalue weighted by Crippen LogP contribution is 2.27. The van der Waals surface area contributed by atoms with E-state index in [-0.39, 0.29) is 0 Å². The number of hydrogen-bond acceptors (Lipinski definition) is 3. The van der Waals surface area contributed by atoms with Gasteiger partial charge in [-0.15, -0.1) is 0 Å². The van der Waals surface area contributed by atoms with E-state index in [1.165, 1.54) is 30.3 Å². The summed E-state index contributed by atoms with van der Waals surface area (Å²) in [6, 6.07) is 14.7. The molecule has 0 aliphatic carbocycles. The van der Waals surface area contributed by atoms with Crippen molar-refractivity contribution in [1.29, 1.82) is 0 Å². The van der Waals surface area contributed by atoms with Gasteiger partial charge in [0.05, 0.1) is 11.0 Å². The molecule has 0 spiro atoms. The lowest BCUT2D eigenvalue weighted by molar-refractivity contribution is 0.578. The summed E-state index contributed by atoms with van der Waals surface area (Å²) in [4.78, 5) is 7.25. The third-order valence-corrected chi connectivity index (χ3v) is 4.34. The van der Waals surface area contributed by atoms with Crippen LogP contribution < -0.4 is 10.6 Å². The van der Waals surface area contributed by atoms with Crippen LogP contribution in [0.25, 0.3) is 21.8 Å². The van der Waals surface area contributed by atoms with E-state index in [1.54, 1.807) is 0 Å². The van der Waals surface area contributed by atoms with Crippen LogP contribution in [0.5, 0.6) is 0 Å². The van der Waals surface area contributed by atoms with Crippen molar-refractivity contribution in [2.24, 2.45) is 0 Å². The van der Waals surface area contributed by atoms with Gasteiger partial charge in [-0.25, -0.2) is 4.98 Å². The van der Waals surface area contributed by atoms with E-state index in [4.69, 9.17) is 10.7 Å². The number of nitrogens with two attached hydrogens (primary N) is 1. The molecule has 1 aliphatic rings. The first kappa shape index (κ1) is 12.5. The first-order valence-electron chi connectivity index (χ1n) is 7.65. The highest BCUT2D eigenvalue weighted by molar-refractivity contribution is 5.95. The van der Waals surface area contributed by atoms with Crippen LogP contribution in [0.2, 0.25) is 0 Å². The summed E-state index contributed by atoms with van der Waals surface area (Å²) in [6.07, 6.45) is 3.94. The van der Waals surface area contributed by atoms with Crippen molar-refractivity contribution >= 4 is 33.2 Å². The molecule has 1 aromatic heterocycles. The van der Waals surface area contributed by atoms with Gasteiger partial charge in [-0.1, -0.05) is 12.1 Å². The number of nitrogens with zero attached hydrogens (tertiary/aromatic N) is 2. The highest BCUT2D eigenvalue weighted by Gasteiger charge is 2.11. The lowest BCUT2D eigenvalue weighted by Gasteiger charge is -2.28. The molecule has 3 aromatic rings. The van der Waals surface area contributed by atoms with Crippen molar-refractivity contribution in [3.63, 3.8) is 0 Å². The molecule has 0 unspecified atom stereocenters. The molecule has 2 aromatic carbocycles. The van der Waals surface area contributed by atoms with Crippen LogP contribution in [0.15, 0.2) is 42.5 Å². The molecule has 0 atom stereocenters. The number of rotatable bonds is 1. The number of pyridine rings is 1. The van der Waals surface area contributed by atoms with E-state index in [0.29, 0.717) is 0 Å². The van der Waals surface area contributed by atoms with E-state index in [2.05, 4.69) is 29.2 Å². The molecule has 0 bridgehead atoms. The average molecular weight is 277 g/mol. The third kappa shape index (κ3) is 2.29. The maximum Gasteiger partial charge on any atom is 0.0730 e. The molecule has 3 nitrogen and oxygen atoms in total. The molecule has 1 fully saturated rings. The number of hydrogen-bond donors (Lipinski definition) is 1. The second kappa shape index (κ2) is 4.92. The van der Waals surface area contributed by atoms with Gasteiger partial charge in [0.1, 0.15) is 0 Å². The van der Waals surface area contributed by atoms with Crippen LogP contribution >= 0.6 is 0 Å². The Balaban J connectivity index is 1.83. The van der Waals surface area contributed by atoms with Crippen LogP contribution in [0.4, 0.5) is 11.4 Å². The fourth-order valence-electron chi connectivity index (χ4n) is 3.18. The zero-order valence-electron chi connectivity index (χ0n) is 12.0. The van der Waals surface area contributed by atoms with Gasteiger partial charge in [0.2, 0.25) is 0 Å². The minimum atomic E-state index is 0.765. The Labute approximate surface area is 124 Å². The largest absolute Gasteiger partial charge is 0.399 e. The first-order chi connectivity index (χ1) is 10.3. The summed E-state index contributed by atoms with van der Waals surface area (Å²) in [5.74, 6) is 0. The smallest absolute Gasteiger partial charge is 0.0730 e. The Morgan fingerprint density at radius 3 is 2.33 bits per heavy atom. The molecule has 1 saturated heterocycles. The summed E-state index contributed by atoms with van der Waals surface area (Å²) in [7, 11) is 0. The van der Waals surface area contributed by atoms with Crippen LogP contribution in [-0.4, -0.2) is 18.1 Å². The molecule has 2 heterocycles. The lowest BCUT2D eigenvalue weighted by Crippen LogP contribution is -2.29. The Morgan fingerprint density at radius 1 is 0.810 bits per heavy atom. The van der Waals surface area contributed by atoms with Crippen molar-refractivity contribution in [3.8, 4) is 0 Å². The predicted octanol–water partition coefficient (Wildman–Crippen LogP) is 3.96. The Morgan fingerprint density at radius 2 is 1.52 bits per heavy atom. The van der Waals surface area contributed by atoms with Crippen molar-refractivity contribution < 1.29 is 0 Å². The molecular weight excluding hydrogens is 258 g/mol. The van der Waals surface area contributed by atoms with Crippen molar-refractivity contribution in [3.05, 3.63) is 42.5 Å². The SMILES string of the molecule is Nc1ccc2cc3ccc(N4CCCCC4)cc3nc2c1. The molecule has 0 saturated carbocycles. The van der Waals surface area contributed by atoms with E-state index < -0.39 is 0 Å². The van der Waals surface area contributed by atoms with Crippen molar-refractivity contribution in [2.75, 3.05) is 23.7 Å². The summed E-state index contributed by atoms with van der Waals surface area (Å²) in [5.41, 5.74) is 9.94. The standard InChI is InChI=1S/C18H19N3/c19-15-6-4-13-10-14-5-7-16(21-8-2-1-3-9-21)12-18(14)20-17(13)11-15/h4-7,10-12H,1-3,8-9,19H2. The summed E-state index contributed by atoms with van der Waals surface area (Å²) in [6.45, 7) is 2.32. The molecule has 21 heavy (non-hydrogen) atoms. The van der Waals surface area contributed by atoms with Crippen molar-refractivity contribution in [1.82, 2.24) is 4.98 Å². The quantitative estimate of drug-likeness (QED) is 0.541. The molecular formula is C18H19N3. The van der Waals surface area contributed by atoms with Gasteiger partial charge < -0.3 is 10.6 Å². The average Bonchev–Trinajstić information content (AvgIpc) is 2.53. The molecule has 0 amide bonds. The summed E-state index contributed by atoms with van der Waals surface area (Å²) in [5, 5.41) is 2.33. The van der Waals surface area contributed by atoms with Gasteiger partial charge in [0, 0.05) is 35.2 Å². The van der Waals surface area contributed by atoms with Gasteiger partial charge in [0.15, 0.2) is 0 Å². The van der Waals surface area contributed by atoms with Crippen LogP contribution in [-0.2, 0) is 0 Å². The molecule has 106 valence electrons. The fraction of sp³-hybridized carbons (Fsp3) is 0.278. The lowest BCUT2D eigenvalue weighted by atomic mass is 10.1. The zero-order chi connectivity index (χ0) is 14.2. The van der Waals surface area contributed by atoms with E-state index in [0.717, 1.165) is 35.2 Å². The van der Waals surface area contributed by atoms with Gasteiger partial charge in [0.25, 0.3) is 0 Å². The maximum absolute atomic E-state index is 5.87. The Kier molecular flexibility index (Phi) is 2.92. The van der Waals surface area contributed by atoms with Crippen molar-refractivity contribution in [2.45, 2.75) is 19.3 Å². The third-order valence-electron chi connectivity index (χ3n) is 4.34. The van der Waals surface area contributed by atoms with E-state index in [9.17, 15) is 0 Å². The van der Waals surface area contributed by atoms with Crippen LogP contribution in [0.1, 0.15) is 19.3 Å². The number of piperidine rings is 1. The number of benzene rings is 2. The second-order valence-corrected chi connectivity index (χ2v) is 5.87. The van der Waals surface area contributed by atoms with E-state index >= 15 is 0 Å². The Hall–Kier alpha value is -2.29. The van der Waals surface area contributed by atoms with Crippen LogP contribution in [0, 0.1) is 0 Å². The number of anilines is 2. The second-order valence-electron chi connectivity index (χ2n) is 5.87. The van der Waals surface area contributed by atoms with Gasteiger partial charge in [-0.2, -0.15) is 0 Å². The van der Waals surface area contributed by atoms with Gasteiger partial charge in [-0.05, 0) is 49.6 Å². The predicted molar refractivity (Wildman–Crippen MR) is 89.7 cm³/mol. The topological polar surface area (TPSA) is 42.1 Å². The molecule has 1 aliphatic heterocycles. The summed E-state index contributed by atoms with van der Waals surface area (Å²) >= 11 is 0. The number of nitrogen functional groups attached to an aromatic ring is 1. The maximum atomic E-state index is 5.87. The Bertz CT molecular complexity index is 804. The van der Waals surface area contributed by atoms with Crippen LogP contribution in [0.3, 0.4) is 0 Å². The number of fused-ring (bicyclic) bond motifs is 2. The first-order valence-corrected chi connectivity index (χ1v) is 7.65. The normalized spacial score (nSPS) is 15.7. The molecule has 3 heteroatoms. The zero-order valence-corrected chi connectivity index (χ0v) is 12.0. The number of aromatic nitrogens is 1.